The molecule has 1 aliphatic rings. The number of nitrogens with zero attached hydrogens (tertiary/aromatic N) is 4. The molecule has 6 heteroatoms. The maximum Gasteiger partial charge on any atom is 0.223 e. The highest BCUT2D eigenvalue weighted by atomic mass is 16.5. The minimum absolute atomic E-state index is 0.157. The fourth-order valence-electron chi connectivity index (χ4n) is 4.42. The average molecular weight is 393 g/mol. The highest BCUT2D eigenvalue weighted by Crippen LogP contribution is 2.33. The van der Waals surface area contributed by atoms with Gasteiger partial charge in [0.25, 0.3) is 0 Å². The third kappa shape index (κ3) is 3.71. The van der Waals surface area contributed by atoms with Gasteiger partial charge >= 0.3 is 0 Å². The summed E-state index contributed by atoms with van der Waals surface area (Å²) < 4.78 is 7.14. The van der Waals surface area contributed by atoms with Gasteiger partial charge in [0.1, 0.15) is 5.75 Å². The summed E-state index contributed by atoms with van der Waals surface area (Å²) in [7, 11) is 1.67. The second-order valence-corrected chi connectivity index (χ2v) is 7.84. The lowest BCUT2D eigenvalue weighted by Gasteiger charge is -2.25. The van der Waals surface area contributed by atoms with Crippen LogP contribution < -0.4 is 4.74 Å². The molecule has 1 atom stereocenters. The van der Waals surface area contributed by atoms with Gasteiger partial charge < -0.3 is 9.64 Å². The molecule has 1 saturated heterocycles. The van der Waals surface area contributed by atoms with Crippen molar-refractivity contribution in [3.8, 4) is 5.75 Å². The first kappa shape index (κ1) is 19.4. The summed E-state index contributed by atoms with van der Waals surface area (Å²) in [6.07, 6.45) is 3.22. The summed E-state index contributed by atoms with van der Waals surface area (Å²) in [5.41, 5.74) is 6.17. The predicted molar refractivity (Wildman–Crippen MR) is 112 cm³/mol. The number of ether oxygens (including phenoxy) is 1. The van der Waals surface area contributed by atoms with Crippen LogP contribution in [-0.2, 0) is 11.2 Å². The SMILES string of the molecule is COc1ccc(C2CCCN2C(=O)CCc2c(C)nc3cc(C)nn3c2C)cc1. The monoisotopic (exact) mass is 392 g/mol. The molecule has 3 heterocycles. The molecular weight excluding hydrogens is 364 g/mol. The lowest BCUT2D eigenvalue weighted by molar-refractivity contribution is -0.132. The molecule has 0 spiro atoms. The largest absolute Gasteiger partial charge is 0.497 e. The Hall–Kier alpha value is -2.89. The number of methoxy groups -OCH3 is 1. The van der Waals surface area contributed by atoms with Crippen LogP contribution >= 0.6 is 0 Å². The smallest absolute Gasteiger partial charge is 0.223 e. The highest BCUT2D eigenvalue weighted by molar-refractivity contribution is 5.77. The minimum atomic E-state index is 0.157. The van der Waals surface area contributed by atoms with Crippen molar-refractivity contribution in [2.24, 2.45) is 0 Å². The van der Waals surface area contributed by atoms with Crippen molar-refractivity contribution in [2.75, 3.05) is 13.7 Å². The molecule has 1 aliphatic heterocycles. The topological polar surface area (TPSA) is 59.7 Å². The number of hydrogen-bond acceptors (Lipinski definition) is 4. The van der Waals surface area contributed by atoms with Crippen LogP contribution in [0.5, 0.6) is 5.75 Å². The van der Waals surface area contributed by atoms with Gasteiger partial charge in [-0.3, -0.25) is 4.79 Å². The Balaban J connectivity index is 1.49. The number of aromatic nitrogens is 3. The van der Waals surface area contributed by atoms with Gasteiger partial charge in [0, 0.05) is 30.4 Å². The number of rotatable bonds is 5. The third-order valence-corrected chi connectivity index (χ3v) is 5.95. The summed E-state index contributed by atoms with van der Waals surface area (Å²) in [5.74, 6) is 1.05. The molecule has 0 N–H and O–H groups in total. The van der Waals surface area contributed by atoms with E-state index in [4.69, 9.17) is 4.74 Å². The van der Waals surface area contributed by atoms with E-state index in [2.05, 4.69) is 29.1 Å². The van der Waals surface area contributed by atoms with Gasteiger partial charge in [-0.05, 0) is 63.3 Å². The van der Waals surface area contributed by atoms with Gasteiger partial charge in [0.15, 0.2) is 5.65 Å². The van der Waals surface area contributed by atoms with Crippen LogP contribution in [0.2, 0.25) is 0 Å². The van der Waals surface area contributed by atoms with E-state index in [-0.39, 0.29) is 11.9 Å². The number of carbonyl (C=O) groups excluding carboxylic acids is 1. The molecule has 1 aromatic carbocycles. The second-order valence-electron chi connectivity index (χ2n) is 7.84. The highest BCUT2D eigenvalue weighted by Gasteiger charge is 2.29. The number of amides is 1. The quantitative estimate of drug-likeness (QED) is 0.659. The second kappa shape index (κ2) is 7.85. The van der Waals surface area contributed by atoms with Crippen LogP contribution in [0.15, 0.2) is 30.3 Å². The molecule has 6 nitrogen and oxygen atoms in total. The number of hydrogen-bond donors (Lipinski definition) is 0. The molecule has 29 heavy (non-hydrogen) atoms. The lowest BCUT2D eigenvalue weighted by Crippen LogP contribution is -2.30. The zero-order chi connectivity index (χ0) is 20.5. The molecule has 152 valence electrons. The maximum atomic E-state index is 13.1. The van der Waals surface area contributed by atoms with Crippen molar-refractivity contribution >= 4 is 11.6 Å². The molecule has 4 rings (SSSR count). The summed E-state index contributed by atoms with van der Waals surface area (Å²) in [6, 6.07) is 10.2. The van der Waals surface area contributed by atoms with Gasteiger partial charge in [0.2, 0.25) is 5.91 Å². The fraction of sp³-hybridized carbons (Fsp3) is 0.435. The van der Waals surface area contributed by atoms with E-state index in [9.17, 15) is 4.79 Å². The van der Waals surface area contributed by atoms with Crippen LogP contribution in [0.1, 0.15) is 53.5 Å². The van der Waals surface area contributed by atoms with Gasteiger partial charge in [0.05, 0.1) is 18.8 Å². The number of benzene rings is 1. The van der Waals surface area contributed by atoms with Crippen molar-refractivity contribution in [1.29, 1.82) is 0 Å². The first-order valence-corrected chi connectivity index (χ1v) is 10.2. The van der Waals surface area contributed by atoms with Crippen LogP contribution in [0.25, 0.3) is 5.65 Å². The Morgan fingerprint density at radius 1 is 1.21 bits per heavy atom. The Kier molecular flexibility index (Phi) is 5.26. The Morgan fingerprint density at radius 3 is 2.69 bits per heavy atom. The average Bonchev–Trinajstić information content (AvgIpc) is 3.34. The molecule has 1 fully saturated rings. The van der Waals surface area contributed by atoms with Crippen molar-refractivity contribution in [1.82, 2.24) is 19.5 Å². The first-order chi connectivity index (χ1) is 14.0. The zero-order valence-corrected chi connectivity index (χ0v) is 17.6. The van der Waals surface area contributed by atoms with E-state index in [1.165, 1.54) is 5.56 Å². The molecule has 3 aromatic rings. The molecule has 1 amide bonds. The van der Waals surface area contributed by atoms with E-state index in [0.717, 1.165) is 53.4 Å². The molecule has 0 radical (unpaired) electrons. The van der Waals surface area contributed by atoms with Crippen LogP contribution in [0.3, 0.4) is 0 Å². The first-order valence-electron chi connectivity index (χ1n) is 10.2. The maximum absolute atomic E-state index is 13.1. The number of aryl methyl sites for hydroxylation is 3. The van der Waals surface area contributed by atoms with Crippen LogP contribution in [0.4, 0.5) is 0 Å². The predicted octanol–water partition coefficient (Wildman–Crippen LogP) is 3.96. The van der Waals surface area contributed by atoms with Crippen LogP contribution in [-0.4, -0.2) is 39.1 Å². The van der Waals surface area contributed by atoms with E-state index in [1.54, 1.807) is 7.11 Å². The molecule has 0 aliphatic carbocycles. The molecule has 0 saturated carbocycles. The molecule has 1 unspecified atom stereocenters. The summed E-state index contributed by atoms with van der Waals surface area (Å²) in [5, 5.41) is 4.53. The third-order valence-electron chi connectivity index (χ3n) is 5.95. The van der Waals surface area contributed by atoms with E-state index >= 15 is 0 Å². The lowest BCUT2D eigenvalue weighted by atomic mass is 10.0. The summed E-state index contributed by atoms with van der Waals surface area (Å²) >= 11 is 0. The van der Waals surface area contributed by atoms with Gasteiger partial charge in [-0.25, -0.2) is 9.50 Å². The number of carbonyl (C=O) groups is 1. The normalized spacial score (nSPS) is 16.6. The molecular formula is C23H28N4O2. The van der Waals surface area contributed by atoms with E-state index in [0.29, 0.717) is 12.8 Å². The summed E-state index contributed by atoms with van der Waals surface area (Å²) in [6.45, 7) is 6.87. The standard InChI is InChI=1S/C23H28N4O2/c1-15-14-22-24-16(2)20(17(3)27(22)25-15)11-12-23(28)26-13-5-6-21(26)18-7-9-19(29-4)10-8-18/h7-10,14,21H,5-6,11-13H2,1-4H3. The van der Waals surface area contributed by atoms with Crippen molar-refractivity contribution < 1.29 is 9.53 Å². The van der Waals surface area contributed by atoms with E-state index < -0.39 is 0 Å². The van der Waals surface area contributed by atoms with Gasteiger partial charge in [-0.2, -0.15) is 5.10 Å². The van der Waals surface area contributed by atoms with Crippen molar-refractivity contribution in [3.63, 3.8) is 0 Å². The number of likely N-dealkylation sites (tertiary alicyclic amines) is 1. The Labute approximate surface area is 171 Å². The minimum Gasteiger partial charge on any atom is -0.497 e. The Morgan fingerprint density at radius 2 is 1.97 bits per heavy atom. The van der Waals surface area contributed by atoms with Crippen LogP contribution in [0, 0.1) is 20.8 Å². The fourth-order valence-corrected chi connectivity index (χ4v) is 4.42. The van der Waals surface area contributed by atoms with Crippen molar-refractivity contribution in [2.45, 2.75) is 52.5 Å². The zero-order valence-electron chi connectivity index (χ0n) is 17.6. The Bertz CT molecular complexity index is 1040. The van der Waals surface area contributed by atoms with Crippen molar-refractivity contribution in [3.05, 3.63) is 58.5 Å². The van der Waals surface area contributed by atoms with Gasteiger partial charge in [-0.15, -0.1) is 0 Å². The van der Waals surface area contributed by atoms with Gasteiger partial charge in [-0.1, -0.05) is 12.1 Å². The number of fused-ring (bicyclic) bond motifs is 1. The molecule has 2 aromatic heterocycles. The van der Waals surface area contributed by atoms with E-state index in [1.807, 2.05) is 41.5 Å². The molecule has 0 bridgehead atoms. The summed E-state index contributed by atoms with van der Waals surface area (Å²) in [4.78, 5) is 19.8.